The quantitative estimate of drug-likeness (QED) is 0.456. The molecule has 1 aromatic heterocycles. The van der Waals surface area contributed by atoms with Gasteiger partial charge in [0.25, 0.3) is 5.91 Å². The summed E-state index contributed by atoms with van der Waals surface area (Å²) in [7, 11) is 0.393. The summed E-state index contributed by atoms with van der Waals surface area (Å²) < 4.78 is 33.7. The second-order valence-corrected chi connectivity index (χ2v) is 12.0. The number of hydrogen-bond acceptors (Lipinski definition) is 7. The molecule has 0 saturated carbocycles. The standard InChI is InChI=1S/C25H32N4O4S2/c1-18-16-19(2)23-22(17-18)26-25(34-23)29(11-5-10-27(3)4)24(30)20-6-8-21(9-7-20)35(31,32)28-12-14-33-15-13-28/h6-9,16-17H,5,10-15H2,1-4H3. The molecule has 1 aliphatic rings. The Morgan fingerprint density at radius 1 is 1.09 bits per heavy atom. The van der Waals surface area contributed by atoms with Gasteiger partial charge in [-0.3, -0.25) is 9.69 Å². The molecule has 8 nitrogen and oxygen atoms in total. The lowest BCUT2D eigenvalue weighted by molar-refractivity contribution is 0.0730. The molecule has 1 amide bonds. The van der Waals surface area contributed by atoms with Crippen LogP contribution < -0.4 is 4.90 Å². The number of fused-ring (bicyclic) bond motifs is 1. The lowest BCUT2D eigenvalue weighted by Crippen LogP contribution is -2.40. The number of ether oxygens (including phenoxy) is 1. The average Bonchev–Trinajstić information content (AvgIpc) is 3.26. The molecule has 0 aliphatic carbocycles. The van der Waals surface area contributed by atoms with Crippen LogP contribution in [0.2, 0.25) is 0 Å². The molecule has 0 unspecified atom stereocenters. The van der Waals surface area contributed by atoms with Gasteiger partial charge in [-0.15, -0.1) is 0 Å². The molecular formula is C25H32N4O4S2. The Morgan fingerprint density at radius 3 is 2.43 bits per heavy atom. The van der Waals surface area contributed by atoms with Gasteiger partial charge in [0.15, 0.2) is 5.13 Å². The van der Waals surface area contributed by atoms with Crippen LogP contribution in [0.25, 0.3) is 10.2 Å². The van der Waals surface area contributed by atoms with Gasteiger partial charge in [0.2, 0.25) is 10.0 Å². The van der Waals surface area contributed by atoms with Gasteiger partial charge in [0, 0.05) is 25.2 Å². The first-order chi connectivity index (χ1) is 16.7. The zero-order chi connectivity index (χ0) is 25.2. The number of thiazole rings is 1. The number of aromatic nitrogens is 1. The number of carbonyl (C=O) groups is 1. The van der Waals surface area contributed by atoms with Crippen LogP contribution in [0.1, 0.15) is 27.9 Å². The summed E-state index contributed by atoms with van der Waals surface area (Å²) in [6.07, 6.45) is 0.788. The molecule has 10 heteroatoms. The van der Waals surface area contributed by atoms with Crippen LogP contribution in [0.15, 0.2) is 41.3 Å². The van der Waals surface area contributed by atoms with Crippen LogP contribution in [0.5, 0.6) is 0 Å². The van der Waals surface area contributed by atoms with Crippen LogP contribution in [-0.4, -0.2) is 82.0 Å². The number of aryl methyl sites for hydroxylation is 2. The summed E-state index contributed by atoms with van der Waals surface area (Å²) in [5.74, 6) is -0.187. The van der Waals surface area contributed by atoms with Crippen molar-refractivity contribution in [1.82, 2.24) is 14.2 Å². The fourth-order valence-corrected chi connectivity index (χ4v) is 6.62. The van der Waals surface area contributed by atoms with Crippen molar-refractivity contribution in [2.75, 3.05) is 58.4 Å². The summed E-state index contributed by atoms with van der Waals surface area (Å²) in [6, 6.07) is 10.4. The highest BCUT2D eigenvalue weighted by Crippen LogP contribution is 2.33. The smallest absolute Gasteiger partial charge is 0.260 e. The predicted molar refractivity (Wildman–Crippen MR) is 140 cm³/mol. The predicted octanol–water partition coefficient (Wildman–Crippen LogP) is 3.53. The van der Waals surface area contributed by atoms with E-state index in [9.17, 15) is 13.2 Å². The Kier molecular flexibility index (Phi) is 7.87. The minimum atomic E-state index is -3.61. The van der Waals surface area contributed by atoms with Crippen LogP contribution in [0.3, 0.4) is 0 Å². The van der Waals surface area contributed by atoms with E-state index in [1.807, 2.05) is 27.1 Å². The number of benzene rings is 2. The highest BCUT2D eigenvalue weighted by atomic mass is 32.2. The van der Waals surface area contributed by atoms with Gasteiger partial charge < -0.3 is 9.64 Å². The van der Waals surface area contributed by atoms with Crippen LogP contribution in [0, 0.1) is 13.8 Å². The van der Waals surface area contributed by atoms with Gasteiger partial charge >= 0.3 is 0 Å². The molecule has 1 aliphatic heterocycles. The maximum absolute atomic E-state index is 13.6. The first-order valence-corrected chi connectivity index (χ1v) is 13.9. The van der Waals surface area contributed by atoms with E-state index in [0.29, 0.717) is 43.5 Å². The maximum Gasteiger partial charge on any atom is 0.260 e. The van der Waals surface area contributed by atoms with Gasteiger partial charge in [-0.1, -0.05) is 17.4 Å². The lowest BCUT2D eigenvalue weighted by atomic mass is 10.1. The first-order valence-electron chi connectivity index (χ1n) is 11.7. The van der Waals surface area contributed by atoms with Gasteiger partial charge in [-0.05, 0) is 82.4 Å². The zero-order valence-corrected chi connectivity index (χ0v) is 22.3. The lowest BCUT2D eigenvalue weighted by Gasteiger charge is -2.26. The SMILES string of the molecule is Cc1cc(C)c2sc(N(CCCN(C)C)C(=O)c3ccc(S(=O)(=O)N4CCOCC4)cc3)nc2c1. The van der Waals surface area contributed by atoms with E-state index < -0.39 is 10.0 Å². The summed E-state index contributed by atoms with van der Waals surface area (Å²) in [5.41, 5.74) is 3.60. The summed E-state index contributed by atoms with van der Waals surface area (Å²) in [5, 5.41) is 0.655. The highest BCUT2D eigenvalue weighted by Gasteiger charge is 2.27. The third kappa shape index (κ3) is 5.73. The molecule has 1 fully saturated rings. The third-order valence-electron chi connectivity index (χ3n) is 5.98. The summed E-state index contributed by atoms with van der Waals surface area (Å²) in [4.78, 5) is 22.4. The fourth-order valence-electron chi connectivity index (χ4n) is 4.17. The van der Waals surface area contributed by atoms with Crippen molar-refractivity contribution in [1.29, 1.82) is 0 Å². The monoisotopic (exact) mass is 516 g/mol. The van der Waals surface area contributed by atoms with Gasteiger partial charge in [0.05, 0.1) is 28.3 Å². The van der Waals surface area contributed by atoms with E-state index in [2.05, 4.69) is 17.9 Å². The Hall–Kier alpha value is -2.37. The minimum Gasteiger partial charge on any atom is -0.379 e. The second-order valence-electron chi connectivity index (χ2n) is 9.08. The average molecular weight is 517 g/mol. The molecule has 188 valence electrons. The number of rotatable bonds is 8. The number of hydrogen-bond donors (Lipinski definition) is 0. The first kappa shape index (κ1) is 25.7. The zero-order valence-electron chi connectivity index (χ0n) is 20.7. The van der Waals surface area contributed by atoms with E-state index in [0.717, 1.165) is 34.3 Å². The van der Waals surface area contributed by atoms with Crippen molar-refractivity contribution in [3.8, 4) is 0 Å². The van der Waals surface area contributed by atoms with E-state index in [1.165, 1.54) is 27.8 Å². The van der Waals surface area contributed by atoms with Crippen molar-refractivity contribution in [2.45, 2.75) is 25.2 Å². The number of sulfonamides is 1. The number of morpholine rings is 1. The normalized spacial score (nSPS) is 15.1. The number of carbonyl (C=O) groups excluding carboxylic acids is 1. The van der Waals surface area contributed by atoms with Crippen molar-refractivity contribution in [3.05, 3.63) is 53.1 Å². The molecule has 0 radical (unpaired) electrons. The van der Waals surface area contributed by atoms with Crippen molar-refractivity contribution in [3.63, 3.8) is 0 Å². The Balaban J connectivity index is 1.62. The Bertz CT molecular complexity index is 1300. The van der Waals surface area contributed by atoms with Crippen molar-refractivity contribution in [2.24, 2.45) is 0 Å². The number of nitrogens with zero attached hydrogens (tertiary/aromatic N) is 4. The Labute approximate surface area is 211 Å². The largest absolute Gasteiger partial charge is 0.379 e. The number of amides is 1. The molecule has 0 atom stereocenters. The van der Waals surface area contributed by atoms with Gasteiger partial charge in [-0.25, -0.2) is 13.4 Å². The fraction of sp³-hybridized carbons (Fsp3) is 0.440. The second kappa shape index (κ2) is 10.7. The molecular weight excluding hydrogens is 484 g/mol. The van der Waals surface area contributed by atoms with Crippen LogP contribution >= 0.6 is 11.3 Å². The molecule has 0 N–H and O–H groups in total. The minimum absolute atomic E-state index is 0.182. The van der Waals surface area contributed by atoms with Crippen molar-refractivity contribution < 1.29 is 17.9 Å². The van der Waals surface area contributed by atoms with E-state index in [4.69, 9.17) is 9.72 Å². The van der Waals surface area contributed by atoms with Gasteiger partial charge in [-0.2, -0.15) is 4.31 Å². The third-order valence-corrected chi connectivity index (χ3v) is 9.12. The highest BCUT2D eigenvalue weighted by molar-refractivity contribution is 7.89. The molecule has 2 heterocycles. The molecule has 4 rings (SSSR count). The van der Waals surface area contributed by atoms with Crippen LogP contribution in [0.4, 0.5) is 5.13 Å². The van der Waals surface area contributed by atoms with E-state index >= 15 is 0 Å². The molecule has 35 heavy (non-hydrogen) atoms. The maximum atomic E-state index is 13.6. The molecule has 2 aromatic carbocycles. The molecule has 0 spiro atoms. The summed E-state index contributed by atoms with van der Waals surface area (Å²) >= 11 is 1.51. The summed E-state index contributed by atoms with van der Waals surface area (Å²) in [6.45, 7) is 6.89. The number of anilines is 1. The molecule has 3 aromatic rings. The molecule has 1 saturated heterocycles. The topological polar surface area (TPSA) is 83.1 Å². The van der Waals surface area contributed by atoms with Gasteiger partial charge in [0.1, 0.15) is 0 Å². The van der Waals surface area contributed by atoms with Crippen molar-refractivity contribution >= 4 is 42.6 Å². The van der Waals surface area contributed by atoms with E-state index in [1.54, 1.807) is 17.0 Å². The molecule has 0 bridgehead atoms. The van der Waals surface area contributed by atoms with E-state index in [-0.39, 0.29) is 10.8 Å². The van der Waals surface area contributed by atoms with Crippen LogP contribution in [-0.2, 0) is 14.8 Å². The Morgan fingerprint density at radius 2 is 1.77 bits per heavy atom.